The Labute approximate surface area is 57.9 Å². The predicted octanol–water partition coefficient (Wildman–Crippen LogP) is 1.96. The normalized spacial score (nSPS) is 15.9. The third kappa shape index (κ3) is 3.71. The minimum Gasteiger partial charge on any atom is -0.384 e. The van der Waals surface area contributed by atoms with E-state index in [0.717, 1.165) is 0 Å². The van der Waals surface area contributed by atoms with Crippen molar-refractivity contribution in [2.45, 2.75) is 32.5 Å². The molecule has 0 bridgehead atoms. The van der Waals surface area contributed by atoms with Gasteiger partial charge in [-0.3, -0.25) is 0 Å². The van der Waals surface area contributed by atoms with Crippen LogP contribution in [0.15, 0.2) is 0 Å². The summed E-state index contributed by atoms with van der Waals surface area (Å²) < 4.78 is 34.7. The highest BCUT2D eigenvalue weighted by molar-refractivity contribution is 4.66. The lowest BCUT2D eigenvalue weighted by Gasteiger charge is -2.15. The molecule has 0 saturated heterocycles. The molecule has 1 atom stereocenters. The van der Waals surface area contributed by atoms with E-state index in [4.69, 9.17) is 5.11 Å². The first-order valence-corrected chi connectivity index (χ1v) is 3.09. The van der Waals surface area contributed by atoms with Crippen LogP contribution >= 0.6 is 0 Å². The van der Waals surface area contributed by atoms with Crippen LogP contribution in [-0.4, -0.2) is 17.4 Å². The van der Waals surface area contributed by atoms with Crippen molar-refractivity contribution in [1.29, 1.82) is 0 Å². The highest BCUT2D eigenvalue weighted by Gasteiger charge is 2.37. The van der Waals surface area contributed by atoms with Gasteiger partial charge in [-0.1, -0.05) is 13.8 Å². The molecule has 0 aromatic carbocycles. The molecule has 0 aromatic heterocycles. The van der Waals surface area contributed by atoms with E-state index in [-0.39, 0.29) is 12.3 Å². The van der Waals surface area contributed by atoms with Crippen molar-refractivity contribution in [2.75, 3.05) is 0 Å². The molecule has 0 radical (unpaired) electrons. The van der Waals surface area contributed by atoms with Gasteiger partial charge in [0, 0.05) is 0 Å². The van der Waals surface area contributed by atoms with Crippen LogP contribution in [0.25, 0.3) is 0 Å². The van der Waals surface area contributed by atoms with Gasteiger partial charge in [-0.2, -0.15) is 13.2 Å². The third-order valence-corrected chi connectivity index (χ3v) is 1.07. The average Bonchev–Trinajstić information content (AvgIpc) is 1.60. The van der Waals surface area contributed by atoms with Gasteiger partial charge in [0.15, 0.2) is 0 Å². The monoisotopic (exact) mass is 156 g/mol. The summed E-state index contributed by atoms with van der Waals surface area (Å²) in [5.74, 6) is -0.128. The molecular formula is C6H11F3O. The van der Waals surface area contributed by atoms with Crippen LogP contribution in [0.5, 0.6) is 0 Å². The fourth-order valence-corrected chi connectivity index (χ4v) is 0.580. The summed E-state index contributed by atoms with van der Waals surface area (Å²) in [5, 5.41) is 8.43. The van der Waals surface area contributed by atoms with Crippen molar-refractivity contribution < 1.29 is 18.3 Å². The molecular weight excluding hydrogens is 145 g/mol. The zero-order chi connectivity index (χ0) is 8.36. The van der Waals surface area contributed by atoms with Crippen LogP contribution in [0, 0.1) is 5.92 Å². The van der Waals surface area contributed by atoms with Gasteiger partial charge in [-0.25, -0.2) is 0 Å². The summed E-state index contributed by atoms with van der Waals surface area (Å²) in [5.41, 5.74) is 0. The Bertz CT molecular complexity index is 97.7. The van der Waals surface area contributed by atoms with E-state index in [1.807, 2.05) is 0 Å². The largest absolute Gasteiger partial charge is 0.414 e. The minimum absolute atomic E-state index is 0.128. The number of hydrogen-bond donors (Lipinski definition) is 1. The summed E-state index contributed by atoms with van der Waals surface area (Å²) in [6.07, 6.45) is -6.83. The van der Waals surface area contributed by atoms with Crippen LogP contribution < -0.4 is 0 Å². The van der Waals surface area contributed by atoms with E-state index in [9.17, 15) is 13.2 Å². The van der Waals surface area contributed by atoms with E-state index in [2.05, 4.69) is 0 Å². The predicted molar refractivity (Wildman–Crippen MR) is 31.5 cm³/mol. The maximum absolute atomic E-state index is 11.6. The van der Waals surface area contributed by atoms with E-state index in [1.54, 1.807) is 13.8 Å². The molecule has 0 fully saturated rings. The van der Waals surface area contributed by atoms with E-state index < -0.39 is 12.3 Å². The molecule has 0 unspecified atom stereocenters. The lowest BCUT2D eigenvalue weighted by Crippen LogP contribution is -2.29. The average molecular weight is 156 g/mol. The molecule has 0 aliphatic carbocycles. The maximum Gasteiger partial charge on any atom is 0.414 e. The van der Waals surface area contributed by atoms with Gasteiger partial charge in [0.05, 0.1) is 0 Å². The number of alkyl halides is 3. The van der Waals surface area contributed by atoms with Gasteiger partial charge in [0.25, 0.3) is 0 Å². The lowest BCUT2D eigenvalue weighted by atomic mass is 10.1. The second-order valence-corrected chi connectivity index (χ2v) is 2.69. The van der Waals surface area contributed by atoms with Gasteiger partial charge in [-0.05, 0) is 12.3 Å². The van der Waals surface area contributed by atoms with Gasteiger partial charge < -0.3 is 5.11 Å². The van der Waals surface area contributed by atoms with Crippen LogP contribution in [0.4, 0.5) is 13.2 Å². The quantitative estimate of drug-likeness (QED) is 0.647. The molecule has 0 amide bonds. The van der Waals surface area contributed by atoms with Crippen molar-refractivity contribution >= 4 is 0 Å². The Morgan fingerprint density at radius 3 is 1.80 bits per heavy atom. The molecule has 1 nitrogen and oxygen atoms in total. The zero-order valence-corrected chi connectivity index (χ0v) is 5.94. The van der Waals surface area contributed by atoms with Gasteiger partial charge >= 0.3 is 6.18 Å². The van der Waals surface area contributed by atoms with Gasteiger partial charge in [0.1, 0.15) is 6.10 Å². The van der Waals surface area contributed by atoms with E-state index in [1.165, 1.54) is 0 Å². The Hall–Kier alpha value is -0.250. The second kappa shape index (κ2) is 3.23. The molecule has 0 rings (SSSR count). The van der Waals surface area contributed by atoms with Crippen molar-refractivity contribution in [1.82, 2.24) is 0 Å². The first-order chi connectivity index (χ1) is 4.34. The van der Waals surface area contributed by atoms with Gasteiger partial charge in [0.2, 0.25) is 0 Å². The molecule has 4 heteroatoms. The minimum atomic E-state index is -4.45. The molecule has 0 aliphatic heterocycles. The lowest BCUT2D eigenvalue weighted by molar-refractivity contribution is -0.207. The highest BCUT2D eigenvalue weighted by Crippen LogP contribution is 2.24. The number of rotatable bonds is 2. The molecule has 0 heterocycles. The first kappa shape index (κ1) is 9.75. The Kier molecular flexibility index (Phi) is 3.15. The van der Waals surface area contributed by atoms with Crippen LogP contribution in [0.2, 0.25) is 0 Å². The van der Waals surface area contributed by atoms with Crippen molar-refractivity contribution in [3.05, 3.63) is 0 Å². The molecule has 62 valence electrons. The fraction of sp³-hybridized carbons (Fsp3) is 1.00. The first-order valence-electron chi connectivity index (χ1n) is 3.09. The summed E-state index contributed by atoms with van der Waals surface area (Å²) in [6.45, 7) is 3.27. The summed E-state index contributed by atoms with van der Waals surface area (Å²) in [4.78, 5) is 0. The zero-order valence-electron chi connectivity index (χ0n) is 5.94. The number of halogens is 3. The van der Waals surface area contributed by atoms with E-state index in [0.29, 0.717) is 0 Å². The van der Waals surface area contributed by atoms with Crippen LogP contribution in [0.3, 0.4) is 0 Å². The molecule has 1 N–H and O–H groups in total. The molecule has 0 spiro atoms. The summed E-state index contributed by atoms with van der Waals surface area (Å²) in [7, 11) is 0. The van der Waals surface area contributed by atoms with Gasteiger partial charge in [-0.15, -0.1) is 0 Å². The Morgan fingerprint density at radius 1 is 1.30 bits per heavy atom. The second-order valence-electron chi connectivity index (χ2n) is 2.69. The number of aliphatic hydroxyl groups excluding tert-OH is 1. The number of aliphatic hydroxyl groups is 1. The molecule has 10 heavy (non-hydrogen) atoms. The Balaban J connectivity index is 3.73. The van der Waals surface area contributed by atoms with Crippen LogP contribution in [0.1, 0.15) is 20.3 Å². The summed E-state index contributed by atoms with van der Waals surface area (Å²) in [6, 6.07) is 0. The van der Waals surface area contributed by atoms with Crippen LogP contribution in [-0.2, 0) is 0 Å². The van der Waals surface area contributed by atoms with Crippen molar-refractivity contribution in [3.63, 3.8) is 0 Å². The molecule has 0 aromatic rings. The van der Waals surface area contributed by atoms with Crippen molar-refractivity contribution in [3.8, 4) is 0 Å². The Morgan fingerprint density at radius 2 is 1.70 bits per heavy atom. The number of hydrogen-bond acceptors (Lipinski definition) is 1. The molecule has 0 saturated carbocycles. The highest BCUT2D eigenvalue weighted by atomic mass is 19.4. The topological polar surface area (TPSA) is 20.2 Å². The fourth-order valence-electron chi connectivity index (χ4n) is 0.580. The smallest absolute Gasteiger partial charge is 0.384 e. The maximum atomic E-state index is 11.6. The van der Waals surface area contributed by atoms with E-state index >= 15 is 0 Å². The van der Waals surface area contributed by atoms with Crippen molar-refractivity contribution in [2.24, 2.45) is 5.92 Å². The molecule has 0 aliphatic rings. The standard InChI is InChI=1S/C6H11F3O/c1-4(2)3-5(10)6(7,8)9/h4-5,10H,3H2,1-2H3/t5-/m0/s1. The third-order valence-electron chi connectivity index (χ3n) is 1.07. The SMILES string of the molecule is CC(C)C[C@H](O)C(F)(F)F. The summed E-state index contributed by atoms with van der Waals surface area (Å²) >= 11 is 0.